The lowest BCUT2D eigenvalue weighted by molar-refractivity contribution is -0.150. The van der Waals surface area contributed by atoms with Gasteiger partial charge >= 0.3 is 11.9 Å². The first kappa shape index (κ1) is 46.4. The molecule has 284 valence electrons. The van der Waals surface area contributed by atoms with E-state index in [2.05, 4.69) is 19.2 Å². The fourth-order valence-electron chi connectivity index (χ4n) is 6.51. The van der Waals surface area contributed by atoms with Gasteiger partial charge in [0.2, 0.25) is 5.91 Å². The van der Waals surface area contributed by atoms with Gasteiger partial charge in [0.25, 0.3) is 0 Å². The van der Waals surface area contributed by atoms with Crippen molar-refractivity contribution in [2.45, 2.75) is 238 Å². The highest BCUT2D eigenvalue weighted by Gasteiger charge is 2.19. The minimum Gasteiger partial charge on any atom is -0.480 e. The molecular formula is C41H80N2O5. The molecule has 7 nitrogen and oxygen atoms in total. The second-order valence-electron chi connectivity index (χ2n) is 14.4. The number of amides is 1. The van der Waals surface area contributed by atoms with Crippen LogP contribution in [0.1, 0.15) is 226 Å². The Bertz CT molecular complexity index is 732. The molecule has 2 unspecified atom stereocenters. The van der Waals surface area contributed by atoms with Crippen molar-refractivity contribution < 1.29 is 24.2 Å². The summed E-state index contributed by atoms with van der Waals surface area (Å²) in [5, 5.41) is 11.9. The number of hydrogen-bond donors (Lipinski definition) is 3. The van der Waals surface area contributed by atoms with Crippen LogP contribution < -0.4 is 11.1 Å². The molecule has 0 bridgehead atoms. The topological polar surface area (TPSA) is 119 Å². The normalized spacial score (nSPS) is 12.6. The molecule has 0 aromatic rings. The Labute approximate surface area is 297 Å². The quantitative estimate of drug-likeness (QED) is 0.0441. The van der Waals surface area contributed by atoms with Crippen LogP contribution in [0.25, 0.3) is 0 Å². The number of carbonyl (C=O) groups excluding carboxylic acids is 2. The molecule has 0 aromatic carbocycles. The third kappa shape index (κ3) is 32.9. The van der Waals surface area contributed by atoms with Crippen molar-refractivity contribution in [1.29, 1.82) is 0 Å². The van der Waals surface area contributed by atoms with Crippen LogP contribution in [0.2, 0.25) is 0 Å². The van der Waals surface area contributed by atoms with Gasteiger partial charge in [-0.05, 0) is 57.9 Å². The first-order chi connectivity index (χ1) is 23.4. The summed E-state index contributed by atoms with van der Waals surface area (Å²) in [4.78, 5) is 36.2. The highest BCUT2D eigenvalue weighted by Crippen LogP contribution is 2.19. The number of aliphatic carboxylic acids is 1. The largest absolute Gasteiger partial charge is 0.480 e. The number of esters is 1. The maximum Gasteiger partial charge on any atom is 0.326 e. The summed E-state index contributed by atoms with van der Waals surface area (Å²) < 4.78 is 6.03. The van der Waals surface area contributed by atoms with Crippen molar-refractivity contribution in [2.24, 2.45) is 5.73 Å². The fraction of sp³-hybridized carbons (Fsp3) is 0.927. The van der Waals surface area contributed by atoms with Crippen molar-refractivity contribution in [2.75, 3.05) is 6.54 Å². The number of carboxylic acid groups (broad SMARTS) is 1. The first-order valence-corrected chi connectivity index (χ1v) is 20.9. The van der Waals surface area contributed by atoms with Crippen molar-refractivity contribution >= 4 is 17.8 Å². The lowest BCUT2D eigenvalue weighted by atomic mass is 10.0. The van der Waals surface area contributed by atoms with Gasteiger partial charge in [0.1, 0.15) is 12.1 Å². The van der Waals surface area contributed by atoms with E-state index in [1.807, 2.05) is 0 Å². The van der Waals surface area contributed by atoms with Crippen LogP contribution in [0.5, 0.6) is 0 Å². The van der Waals surface area contributed by atoms with Gasteiger partial charge in [0.15, 0.2) is 0 Å². The van der Waals surface area contributed by atoms with E-state index in [-0.39, 0.29) is 18.0 Å². The van der Waals surface area contributed by atoms with Crippen LogP contribution in [0, 0.1) is 0 Å². The number of nitrogens with two attached hydrogens (primary N) is 1. The summed E-state index contributed by atoms with van der Waals surface area (Å²) >= 11 is 0. The van der Waals surface area contributed by atoms with Gasteiger partial charge in [-0.1, -0.05) is 162 Å². The monoisotopic (exact) mass is 681 g/mol. The predicted octanol–water partition coefficient (Wildman–Crippen LogP) is 11.3. The van der Waals surface area contributed by atoms with Crippen LogP contribution in [0.4, 0.5) is 0 Å². The maximum atomic E-state index is 12.7. The number of carboxylic acids is 1. The Kier molecular flexibility index (Phi) is 35.4. The molecule has 0 aromatic heterocycles. The first-order valence-electron chi connectivity index (χ1n) is 20.9. The zero-order chi connectivity index (χ0) is 35.3. The molecule has 4 N–H and O–H groups in total. The van der Waals surface area contributed by atoms with Crippen molar-refractivity contribution in [3.05, 3.63) is 0 Å². The van der Waals surface area contributed by atoms with E-state index in [0.29, 0.717) is 32.2 Å². The van der Waals surface area contributed by atoms with E-state index < -0.39 is 12.0 Å². The van der Waals surface area contributed by atoms with Gasteiger partial charge in [-0.15, -0.1) is 0 Å². The van der Waals surface area contributed by atoms with Crippen LogP contribution >= 0.6 is 0 Å². The fourth-order valence-corrected chi connectivity index (χ4v) is 6.51. The smallest absolute Gasteiger partial charge is 0.326 e. The number of nitrogens with one attached hydrogen (secondary N) is 1. The molecule has 0 rings (SSSR count). The lowest BCUT2D eigenvalue weighted by Crippen LogP contribution is -2.40. The average Bonchev–Trinajstić information content (AvgIpc) is 3.07. The van der Waals surface area contributed by atoms with Gasteiger partial charge < -0.3 is 20.9 Å². The molecule has 0 aliphatic rings. The summed E-state index contributed by atoms with van der Waals surface area (Å²) in [5.74, 6) is -1.22. The highest BCUT2D eigenvalue weighted by atomic mass is 16.5. The van der Waals surface area contributed by atoms with Gasteiger partial charge in [-0.3, -0.25) is 9.59 Å². The number of unbranched alkanes of at least 4 members (excludes halogenated alkanes) is 24. The van der Waals surface area contributed by atoms with E-state index in [0.717, 1.165) is 64.2 Å². The standard InChI is InChI=1S/C41H80N2O5/c1-3-5-7-9-11-13-14-15-16-18-20-25-29-35-40(45)48-37(31-26-22-19-17-12-10-8-6-4-2)32-27-23-21-24-28-34-39(44)43-38(41(46)47)33-30-36-42/h37-38H,3-36,42H2,1-2H3,(H,43,44)(H,46,47). The molecule has 0 heterocycles. The molecule has 2 atom stereocenters. The van der Waals surface area contributed by atoms with E-state index in [9.17, 15) is 19.5 Å². The zero-order valence-electron chi connectivity index (χ0n) is 31.9. The van der Waals surface area contributed by atoms with Gasteiger partial charge in [-0.2, -0.15) is 0 Å². The number of hydrogen-bond acceptors (Lipinski definition) is 5. The van der Waals surface area contributed by atoms with E-state index in [4.69, 9.17) is 10.5 Å². The maximum absolute atomic E-state index is 12.7. The Morgan fingerprint density at radius 1 is 0.521 bits per heavy atom. The minimum absolute atomic E-state index is 0.0175. The molecule has 48 heavy (non-hydrogen) atoms. The minimum atomic E-state index is -1.00. The van der Waals surface area contributed by atoms with E-state index >= 15 is 0 Å². The second kappa shape index (κ2) is 36.6. The summed E-state index contributed by atoms with van der Waals surface area (Å²) in [6.45, 7) is 4.95. The Hall–Kier alpha value is -1.63. The summed E-state index contributed by atoms with van der Waals surface area (Å²) in [6.07, 6.45) is 37.1. The molecule has 0 saturated carbocycles. The third-order valence-corrected chi connectivity index (χ3v) is 9.67. The van der Waals surface area contributed by atoms with Gasteiger partial charge in [0, 0.05) is 12.8 Å². The van der Waals surface area contributed by atoms with Crippen LogP contribution in [-0.4, -0.2) is 41.6 Å². The molecule has 1 amide bonds. The van der Waals surface area contributed by atoms with Crippen molar-refractivity contribution in [3.63, 3.8) is 0 Å². The molecule has 0 spiro atoms. The molecule has 0 aliphatic carbocycles. The zero-order valence-corrected chi connectivity index (χ0v) is 31.9. The highest BCUT2D eigenvalue weighted by molar-refractivity contribution is 5.83. The molecule has 7 heteroatoms. The summed E-state index contributed by atoms with van der Waals surface area (Å²) in [7, 11) is 0. The number of carbonyl (C=O) groups is 3. The summed E-state index contributed by atoms with van der Waals surface area (Å²) in [6, 6.07) is -0.851. The Morgan fingerprint density at radius 2 is 0.896 bits per heavy atom. The van der Waals surface area contributed by atoms with Gasteiger partial charge in [0.05, 0.1) is 0 Å². The lowest BCUT2D eigenvalue weighted by Gasteiger charge is -2.18. The molecular weight excluding hydrogens is 600 g/mol. The second-order valence-corrected chi connectivity index (χ2v) is 14.4. The van der Waals surface area contributed by atoms with Crippen LogP contribution in [-0.2, 0) is 19.1 Å². The molecule has 0 fully saturated rings. The molecule has 0 aliphatic heterocycles. The van der Waals surface area contributed by atoms with Gasteiger partial charge in [-0.25, -0.2) is 4.79 Å². The Morgan fingerprint density at radius 3 is 1.29 bits per heavy atom. The summed E-state index contributed by atoms with van der Waals surface area (Å²) in [5.41, 5.74) is 5.48. The third-order valence-electron chi connectivity index (χ3n) is 9.67. The van der Waals surface area contributed by atoms with Crippen molar-refractivity contribution in [1.82, 2.24) is 5.32 Å². The number of ether oxygens (including phenoxy) is 1. The van der Waals surface area contributed by atoms with Crippen molar-refractivity contribution in [3.8, 4) is 0 Å². The molecule has 0 saturated heterocycles. The van der Waals surface area contributed by atoms with E-state index in [1.54, 1.807) is 0 Å². The van der Waals surface area contributed by atoms with Crippen LogP contribution in [0.15, 0.2) is 0 Å². The average molecular weight is 681 g/mol. The molecule has 0 radical (unpaired) electrons. The predicted molar refractivity (Wildman–Crippen MR) is 202 cm³/mol. The number of rotatable bonds is 38. The Balaban J connectivity index is 4.23. The van der Waals surface area contributed by atoms with Crippen LogP contribution in [0.3, 0.4) is 0 Å². The van der Waals surface area contributed by atoms with E-state index in [1.165, 1.54) is 122 Å². The SMILES string of the molecule is CCCCCCCCCCCCCCCC(=O)OC(CCCCCCCCCCC)CCCCCCCC(=O)NC(CCCN)C(=O)O.